The molecule has 1 aliphatic carbocycles. The molecule has 3 nitrogen and oxygen atoms in total. The minimum Gasteiger partial charge on any atom is -0.396 e. The maximum Gasteiger partial charge on any atom is 0.140 e. The summed E-state index contributed by atoms with van der Waals surface area (Å²) in [6.07, 6.45) is 6.46. The number of aromatic nitrogens is 1. The van der Waals surface area contributed by atoms with Crippen LogP contribution in [0, 0.1) is 11.8 Å². The molecule has 0 aliphatic heterocycles. The van der Waals surface area contributed by atoms with Crippen molar-refractivity contribution < 1.29 is 5.11 Å². The second kappa shape index (κ2) is 6.73. The van der Waals surface area contributed by atoms with Crippen molar-refractivity contribution in [2.45, 2.75) is 25.7 Å². The third-order valence-corrected chi connectivity index (χ3v) is 4.45. The van der Waals surface area contributed by atoms with Gasteiger partial charge in [0, 0.05) is 19.3 Å². The summed E-state index contributed by atoms with van der Waals surface area (Å²) in [6, 6.07) is 1.83. The van der Waals surface area contributed by atoms with Crippen LogP contribution in [0.15, 0.2) is 16.7 Å². The van der Waals surface area contributed by atoms with Gasteiger partial charge >= 0.3 is 0 Å². The molecular formula is C13H18BrClN2O. The van der Waals surface area contributed by atoms with Crippen LogP contribution in [0.1, 0.15) is 25.7 Å². The van der Waals surface area contributed by atoms with Crippen molar-refractivity contribution >= 4 is 33.3 Å². The Morgan fingerprint density at radius 2 is 2.11 bits per heavy atom. The predicted molar refractivity (Wildman–Crippen MR) is 78.0 cm³/mol. The molecule has 2 N–H and O–H groups in total. The predicted octanol–water partition coefficient (Wildman–Crippen LogP) is 3.71. The molecular weight excluding hydrogens is 316 g/mol. The number of aliphatic hydroxyl groups is 1. The Hall–Kier alpha value is -0.320. The first-order chi connectivity index (χ1) is 8.70. The van der Waals surface area contributed by atoms with Gasteiger partial charge in [0.05, 0.1) is 9.50 Å². The van der Waals surface area contributed by atoms with E-state index in [4.69, 9.17) is 11.6 Å². The number of nitrogens with zero attached hydrogens (tertiary/aromatic N) is 1. The van der Waals surface area contributed by atoms with E-state index in [-0.39, 0.29) is 0 Å². The lowest BCUT2D eigenvalue weighted by molar-refractivity contribution is 0.141. The zero-order chi connectivity index (χ0) is 13.0. The molecule has 2 rings (SSSR count). The monoisotopic (exact) mass is 332 g/mol. The molecule has 1 aliphatic rings. The third kappa shape index (κ3) is 3.59. The number of hydrogen-bond donors (Lipinski definition) is 2. The largest absolute Gasteiger partial charge is 0.396 e. The molecule has 0 saturated heterocycles. The number of rotatable bonds is 4. The number of aliphatic hydroxyl groups excluding tert-OH is 1. The highest BCUT2D eigenvalue weighted by molar-refractivity contribution is 9.10. The standard InChI is InChI=1S/C13H18BrClN2O/c14-12-5-11(15)7-17-13(12)16-6-9-3-1-2-4-10(9)8-18/h5,7,9-10,18H,1-4,6,8H2,(H,16,17). The second-order valence-corrected chi connectivity index (χ2v) is 6.14. The Morgan fingerprint density at radius 3 is 2.78 bits per heavy atom. The van der Waals surface area contributed by atoms with Crippen molar-refractivity contribution in [3.63, 3.8) is 0 Å². The van der Waals surface area contributed by atoms with Gasteiger partial charge < -0.3 is 10.4 Å². The summed E-state index contributed by atoms with van der Waals surface area (Å²) in [5.74, 6) is 1.78. The lowest BCUT2D eigenvalue weighted by atomic mass is 9.79. The van der Waals surface area contributed by atoms with Crippen LogP contribution < -0.4 is 5.32 Å². The molecule has 2 atom stereocenters. The molecule has 1 heterocycles. The van der Waals surface area contributed by atoms with E-state index < -0.39 is 0 Å². The van der Waals surface area contributed by atoms with Crippen LogP contribution in [-0.4, -0.2) is 23.2 Å². The molecule has 100 valence electrons. The SMILES string of the molecule is OCC1CCCCC1CNc1ncc(Cl)cc1Br. The van der Waals surface area contributed by atoms with Crippen molar-refractivity contribution in [2.24, 2.45) is 11.8 Å². The van der Waals surface area contributed by atoms with Gasteiger partial charge in [0.1, 0.15) is 5.82 Å². The molecule has 5 heteroatoms. The fourth-order valence-corrected chi connectivity index (χ4v) is 3.34. The molecule has 2 unspecified atom stereocenters. The van der Waals surface area contributed by atoms with Crippen molar-refractivity contribution in [3.8, 4) is 0 Å². The molecule has 1 fully saturated rings. The first-order valence-electron chi connectivity index (χ1n) is 6.36. The van der Waals surface area contributed by atoms with Crippen LogP contribution in [0.2, 0.25) is 5.02 Å². The van der Waals surface area contributed by atoms with Gasteiger partial charge in [-0.25, -0.2) is 4.98 Å². The van der Waals surface area contributed by atoms with Gasteiger partial charge in [-0.2, -0.15) is 0 Å². The summed E-state index contributed by atoms with van der Waals surface area (Å²) in [4.78, 5) is 4.26. The maximum atomic E-state index is 9.38. The third-order valence-electron chi connectivity index (χ3n) is 3.64. The molecule has 1 saturated carbocycles. The highest BCUT2D eigenvalue weighted by Gasteiger charge is 2.24. The Bertz CT molecular complexity index is 403. The summed E-state index contributed by atoms with van der Waals surface area (Å²) in [5, 5.41) is 13.3. The Morgan fingerprint density at radius 1 is 1.39 bits per heavy atom. The van der Waals surface area contributed by atoms with E-state index in [0.717, 1.165) is 23.3 Å². The van der Waals surface area contributed by atoms with E-state index in [1.54, 1.807) is 6.20 Å². The van der Waals surface area contributed by atoms with Gasteiger partial charge in [-0.3, -0.25) is 0 Å². The van der Waals surface area contributed by atoms with Crippen LogP contribution in [0.25, 0.3) is 0 Å². The maximum absolute atomic E-state index is 9.38. The Labute approximate surface area is 121 Å². The fraction of sp³-hybridized carbons (Fsp3) is 0.615. The van der Waals surface area contributed by atoms with Gasteiger partial charge in [0.15, 0.2) is 0 Å². The molecule has 0 bridgehead atoms. The zero-order valence-electron chi connectivity index (χ0n) is 10.2. The van der Waals surface area contributed by atoms with Gasteiger partial charge in [-0.1, -0.05) is 24.4 Å². The Balaban J connectivity index is 1.93. The van der Waals surface area contributed by atoms with E-state index in [2.05, 4.69) is 26.2 Å². The van der Waals surface area contributed by atoms with Crippen LogP contribution in [-0.2, 0) is 0 Å². The van der Waals surface area contributed by atoms with Crippen LogP contribution in [0.4, 0.5) is 5.82 Å². The van der Waals surface area contributed by atoms with E-state index in [9.17, 15) is 5.11 Å². The summed E-state index contributed by atoms with van der Waals surface area (Å²) in [5.41, 5.74) is 0. The first-order valence-corrected chi connectivity index (χ1v) is 7.53. The van der Waals surface area contributed by atoms with Crippen LogP contribution in [0.5, 0.6) is 0 Å². The minimum atomic E-state index is 0.293. The number of nitrogens with one attached hydrogen (secondary N) is 1. The molecule has 0 amide bonds. The zero-order valence-corrected chi connectivity index (χ0v) is 12.5. The van der Waals surface area contributed by atoms with Crippen molar-refractivity contribution in [1.29, 1.82) is 0 Å². The van der Waals surface area contributed by atoms with Crippen LogP contribution >= 0.6 is 27.5 Å². The summed E-state index contributed by atoms with van der Waals surface area (Å²) >= 11 is 9.30. The number of hydrogen-bond acceptors (Lipinski definition) is 3. The molecule has 0 aromatic carbocycles. The van der Waals surface area contributed by atoms with Crippen LogP contribution in [0.3, 0.4) is 0 Å². The molecule has 1 aromatic rings. The number of halogens is 2. The average Bonchev–Trinajstić information content (AvgIpc) is 2.38. The summed E-state index contributed by atoms with van der Waals surface area (Å²) < 4.78 is 0.881. The van der Waals surface area contributed by atoms with Crippen molar-refractivity contribution in [3.05, 3.63) is 21.8 Å². The quantitative estimate of drug-likeness (QED) is 0.883. The topological polar surface area (TPSA) is 45.1 Å². The first kappa shape index (κ1) is 14.1. The van der Waals surface area contributed by atoms with Gasteiger partial charge in [-0.15, -0.1) is 0 Å². The van der Waals surface area contributed by atoms with E-state index in [1.165, 1.54) is 19.3 Å². The minimum absolute atomic E-state index is 0.293. The molecule has 1 aromatic heterocycles. The lowest BCUT2D eigenvalue weighted by Crippen LogP contribution is -2.28. The highest BCUT2D eigenvalue weighted by atomic mass is 79.9. The smallest absolute Gasteiger partial charge is 0.140 e. The van der Waals surface area contributed by atoms with Gasteiger partial charge in [0.2, 0.25) is 0 Å². The van der Waals surface area contributed by atoms with E-state index >= 15 is 0 Å². The number of anilines is 1. The summed E-state index contributed by atoms with van der Waals surface area (Å²) in [6.45, 7) is 1.15. The number of pyridine rings is 1. The van der Waals surface area contributed by atoms with Crippen molar-refractivity contribution in [2.75, 3.05) is 18.5 Å². The normalized spacial score (nSPS) is 23.9. The van der Waals surface area contributed by atoms with Crippen molar-refractivity contribution in [1.82, 2.24) is 4.98 Å². The highest BCUT2D eigenvalue weighted by Crippen LogP contribution is 2.30. The summed E-state index contributed by atoms with van der Waals surface area (Å²) in [7, 11) is 0. The second-order valence-electron chi connectivity index (χ2n) is 4.85. The van der Waals surface area contributed by atoms with E-state index in [0.29, 0.717) is 23.5 Å². The lowest BCUT2D eigenvalue weighted by Gasteiger charge is -2.30. The van der Waals surface area contributed by atoms with E-state index in [1.807, 2.05) is 6.07 Å². The average molecular weight is 334 g/mol. The molecule has 0 spiro atoms. The molecule has 18 heavy (non-hydrogen) atoms. The molecule has 0 radical (unpaired) electrons. The Kier molecular flexibility index (Phi) is 5.27. The van der Waals surface area contributed by atoms with Gasteiger partial charge in [0.25, 0.3) is 0 Å². The fourth-order valence-electron chi connectivity index (χ4n) is 2.57. The van der Waals surface area contributed by atoms with Gasteiger partial charge in [-0.05, 0) is 46.7 Å².